The second-order valence-corrected chi connectivity index (χ2v) is 8.97. The minimum Gasteiger partial charge on any atom is -0.348 e. The molecule has 0 heterocycles. The van der Waals surface area contributed by atoms with Crippen LogP contribution in [0.2, 0.25) is 0 Å². The molecule has 0 aliphatic carbocycles. The molecule has 0 aliphatic heterocycles. The van der Waals surface area contributed by atoms with Crippen molar-refractivity contribution in [3.63, 3.8) is 0 Å². The maximum atomic E-state index is 13.1. The van der Waals surface area contributed by atoms with E-state index in [-0.39, 0.29) is 4.90 Å². The molecule has 0 spiro atoms. The molecule has 1 amide bonds. The van der Waals surface area contributed by atoms with Crippen molar-refractivity contribution in [2.45, 2.75) is 22.2 Å². The summed E-state index contributed by atoms with van der Waals surface area (Å²) in [5, 5.41) is 2.45. The predicted molar refractivity (Wildman–Crippen MR) is 102 cm³/mol. The third-order valence-electron chi connectivity index (χ3n) is 3.78. The molecule has 0 saturated carbocycles. The molecular formula is C18H18Cl2FNO3S. The van der Waals surface area contributed by atoms with Crippen LogP contribution in [-0.4, -0.2) is 38.1 Å². The van der Waals surface area contributed by atoms with Crippen molar-refractivity contribution >= 4 is 38.9 Å². The quantitative estimate of drug-likeness (QED) is 0.700. The summed E-state index contributed by atoms with van der Waals surface area (Å²) in [7, 11) is -3.23. The third kappa shape index (κ3) is 5.69. The molecule has 4 nitrogen and oxygen atoms in total. The van der Waals surface area contributed by atoms with Crippen molar-refractivity contribution in [2.24, 2.45) is 0 Å². The van der Waals surface area contributed by atoms with Gasteiger partial charge >= 0.3 is 0 Å². The van der Waals surface area contributed by atoms with E-state index in [2.05, 4.69) is 5.32 Å². The molecule has 0 unspecified atom stereocenters. The number of nitrogens with one attached hydrogen (secondary N) is 1. The highest BCUT2D eigenvalue weighted by Crippen LogP contribution is 2.22. The zero-order valence-corrected chi connectivity index (χ0v) is 16.3. The van der Waals surface area contributed by atoms with Gasteiger partial charge in [-0.3, -0.25) is 4.79 Å². The van der Waals surface area contributed by atoms with Crippen molar-refractivity contribution in [1.29, 1.82) is 0 Å². The summed E-state index contributed by atoms with van der Waals surface area (Å²) in [6, 6.07) is 13.2. The van der Waals surface area contributed by atoms with Gasteiger partial charge in [-0.05, 0) is 35.2 Å². The van der Waals surface area contributed by atoms with Crippen LogP contribution in [0.1, 0.15) is 5.56 Å². The SMILES string of the molecule is CS(=O)(=O)c1ccc(-c2ccc(C[C@@H](CF)NC(=O)C(Cl)Cl)cc2)cc1. The zero-order valence-electron chi connectivity index (χ0n) is 14.0. The van der Waals surface area contributed by atoms with Crippen LogP contribution in [0.15, 0.2) is 53.4 Å². The Balaban J connectivity index is 2.09. The number of benzene rings is 2. The topological polar surface area (TPSA) is 63.2 Å². The molecule has 0 aliphatic rings. The zero-order chi connectivity index (χ0) is 19.3. The lowest BCUT2D eigenvalue weighted by molar-refractivity contribution is -0.120. The maximum Gasteiger partial charge on any atom is 0.253 e. The number of amides is 1. The van der Waals surface area contributed by atoms with E-state index >= 15 is 0 Å². The van der Waals surface area contributed by atoms with E-state index in [1.54, 1.807) is 24.3 Å². The Labute approximate surface area is 162 Å². The Morgan fingerprint density at radius 3 is 1.96 bits per heavy atom. The summed E-state index contributed by atoms with van der Waals surface area (Å²) in [5.41, 5.74) is 2.60. The Hall–Kier alpha value is -1.63. The number of rotatable bonds is 7. The van der Waals surface area contributed by atoms with Crippen LogP contribution < -0.4 is 5.32 Å². The predicted octanol–water partition coefficient (Wildman–Crippen LogP) is 3.56. The molecule has 26 heavy (non-hydrogen) atoms. The van der Waals surface area contributed by atoms with Crippen LogP contribution in [-0.2, 0) is 21.1 Å². The van der Waals surface area contributed by atoms with Gasteiger partial charge in [0.1, 0.15) is 6.67 Å². The first-order chi connectivity index (χ1) is 12.2. The summed E-state index contributed by atoms with van der Waals surface area (Å²) >= 11 is 10.9. The first kappa shape index (κ1) is 20.7. The van der Waals surface area contributed by atoms with Gasteiger partial charge in [-0.1, -0.05) is 59.6 Å². The van der Waals surface area contributed by atoms with Crippen molar-refractivity contribution in [3.8, 4) is 11.1 Å². The van der Waals surface area contributed by atoms with Gasteiger partial charge in [-0.2, -0.15) is 0 Å². The lowest BCUT2D eigenvalue weighted by Crippen LogP contribution is -2.40. The van der Waals surface area contributed by atoms with Crippen molar-refractivity contribution < 1.29 is 17.6 Å². The van der Waals surface area contributed by atoms with Crippen molar-refractivity contribution in [3.05, 3.63) is 54.1 Å². The fraction of sp³-hybridized carbons (Fsp3) is 0.278. The van der Waals surface area contributed by atoms with Crippen LogP contribution in [0.4, 0.5) is 4.39 Å². The van der Waals surface area contributed by atoms with E-state index < -0.39 is 33.3 Å². The average molecular weight is 418 g/mol. The lowest BCUT2D eigenvalue weighted by atomic mass is 10.0. The molecule has 8 heteroatoms. The number of carbonyl (C=O) groups excluding carboxylic acids is 1. The molecule has 1 N–H and O–H groups in total. The molecular weight excluding hydrogens is 400 g/mol. The Bertz CT molecular complexity index is 853. The van der Waals surface area contributed by atoms with Crippen LogP contribution in [0.3, 0.4) is 0 Å². The van der Waals surface area contributed by atoms with Gasteiger partial charge in [-0.15, -0.1) is 0 Å². The van der Waals surface area contributed by atoms with Crippen LogP contribution in [0.25, 0.3) is 11.1 Å². The van der Waals surface area contributed by atoms with Crippen molar-refractivity contribution in [2.75, 3.05) is 12.9 Å². The van der Waals surface area contributed by atoms with E-state index in [1.165, 1.54) is 0 Å². The molecule has 2 aromatic carbocycles. The lowest BCUT2D eigenvalue weighted by Gasteiger charge is -2.16. The molecule has 1 atom stereocenters. The van der Waals surface area contributed by atoms with Gasteiger partial charge in [0, 0.05) is 6.26 Å². The summed E-state index contributed by atoms with van der Waals surface area (Å²) < 4.78 is 36.1. The number of carbonyl (C=O) groups is 1. The van der Waals surface area contributed by atoms with E-state index in [0.717, 1.165) is 22.9 Å². The number of hydrogen-bond acceptors (Lipinski definition) is 3. The summed E-state index contributed by atoms with van der Waals surface area (Å²) in [4.78, 5) is 10.5. The normalized spacial score (nSPS) is 12.8. The Kier molecular flexibility index (Phi) is 7.03. The fourth-order valence-corrected chi connectivity index (χ4v) is 3.18. The maximum absolute atomic E-state index is 13.1. The molecule has 0 fully saturated rings. The average Bonchev–Trinajstić information content (AvgIpc) is 2.61. The highest BCUT2D eigenvalue weighted by molar-refractivity contribution is 7.90. The first-order valence-corrected chi connectivity index (χ1v) is 10.5. The molecule has 0 radical (unpaired) electrons. The Morgan fingerprint density at radius 2 is 1.54 bits per heavy atom. The molecule has 2 rings (SSSR count). The minimum absolute atomic E-state index is 0.260. The monoisotopic (exact) mass is 417 g/mol. The van der Waals surface area contributed by atoms with Crippen LogP contribution >= 0.6 is 23.2 Å². The van der Waals surface area contributed by atoms with Gasteiger partial charge in [0.15, 0.2) is 14.7 Å². The second kappa shape index (κ2) is 8.84. The smallest absolute Gasteiger partial charge is 0.253 e. The molecule has 2 aromatic rings. The van der Waals surface area contributed by atoms with Gasteiger partial charge in [0.2, 0.25) is 0 Å². The number of hydrogen-bond donors (Lipinski definition) is 1. The highest BCUT2D eigenvalue weighted by atomic mass is 35.5. The first-order valence-electron chi connectivity index (χ1n) is 7.74. The molecule has 140 valence electrons. The molecule has 0 bridgehead atoms. The Morgan fingerprint density at radius 1 is 1.04 bits per heavy atom. The summed E-state index contributed by atoms with van der Waals surface area (Å²) in [5.74, 6) is -0.626. The second-order valence-electron chi connectivity index (χ2n) is 5.86. The molecule has 0 aromatic heterocycles. The van der Waals surface area contributed by atoms with E-state index in [9.17, 15) is 17.6 Å². The molecule has 0 saturated heterocycles. The minimum atomic E-state index is -3.23. The van der Waals surface area contributed by atoms with Gasteiger partial charge < -0.3 is 5.32 Å². The van der Waals surface area contributed by atoms with Gasteiger partial charge in [-0.25, -0.2) is 12.8 Å². The van der Waals surface area contributed by atoms with Gasteiger partial charge in [0.25, 0.3) is 5.91 Å². The van der Waals surface area contributed by atoms with Crippen LogP contribution in [0.5, 0.6) is 0 Å². The summed E-state index contributed by atoms with van der Waals surface area (Å²) in [6.07, 6.45) is 1.46. The fourth-order valence-electron chi connectivity index (χ4n) is 2.42. The van der Waals surface area contributed by atoms with Crippen LogP contribution in [0, 0.1) is 0 Å². The highest BCUT2D eigenvalue weighted by Gasteiger charge is 2.17. The van der Waals surface area contributed by atoms with Crippen molar-refractivity contribution in [1.82, 2.24) is 5.32 Å². The number of halogens is 3. The standard InChI is InChI=1S/C18H18Cl2FNO3S/c1-26(24,25)16-8-6-14(7-9-16)13-4-2-12(3-5-13)10-15(11-21)22-18(23)17(19)20/h2-9,15,17H,10-11H2,1H3,(H,22,23)/t15-/m0/s1. The number of sulfone groups is 1. The summed E-state index contributed by atoms with van der Waals surface area (Å²) in [6.45, 7) is -0.735. The van der Waals surface area contributed by atoms with E-state index in [0.29, 0.717) is 6.42 Å². The largest absolute Gasteiger partial charge is 0.348 e. The van der Waals surface area contributed by atoms with E-state index in [4.69, 9.17) is 23.2 Å². The van der Waals surface area contributed by atoms with Gasteiger partial charge in [0.05, 0.1) is 10.9 Å². The third-order valence-corrected chi connectivity index (χ3v) is 5.31. The van der Waals surface area contributed by atoms with E-state index in [1.807, 2.05) is 24.3 Å². The number of alkyl halides is 3.